The van der Waals surface area contributed by atoms with Crippen molar-refractivity contribution in [2.24, 2.45) is 22.7 Å². The van der Waals surface area contributed by atoms with Gasteiger partial charge in [0.1, 0.15) is 29.5 Å². The Morgan fingerprint density at radius 2 is 1.65 bits per heavy atom. The summed E-state index contributed by atoms with van der Waals surface area (Å²) < 4.78 is 17.2. The molecule has 46 heavy (non-hydrogen) atoms. The lowest BCUT2D eigenvalue weighted by atomic mass is 9.45. The summed E-state index contributed by atoms with van der Waals surface area (Å²) in [6.45, 7) is 8.24. The molecule has 13 nitrogen and oxygen atoms in total. The van der Waals surface area contributed by atoms with Crippen LogP contribution in [0.2, 0.25) is 0 Å². The molecule has 11 atom stereocenters. The van der Waals surface area contributed by atoms with Gasteiger partial charge in [-0.05, 0) is 43.8 Å². The Balaban J connectivity index is 1.60. The van der Waals surface area contributed by atoms with E-state index in [1.165, 1.54) is 13.8 Å². The van der Waals surface area contributed by atoms with Gasteiger partial charge in [0.25, 0.3) is 0 Å². The smallest absolute Gasteiger partial charge is 0.337 e. The maximum absolute atomic E-state index is 14.4. The summed E-state index contributed by atoms with van der Waals surface area (Å²) in [7, 11) is 0. The van der Waals surface area contributed by atoms with Gasteiger partial charge in [0, 0.05) is 38.0 Å². The number of ether oxygens (including phenoxy) is 3. The van der Waals surface area contributed by atoms with Crippen molar-refractivity contribution in [1.29, 1.82) is 0 Å². The highest BCUT2D eigenvalue weighted by Gasteiger charge is 2.76. The van der Waals surface area contributed by atoms with E-state index in [1.807, 2.05) is 0 Å². The second-order valence-electron chi connectivity index (χ2n) is 14.9. The van der Waals surface area contributed by atoms with E-state index < -0.39 is 101 Å². The number of fused-ring (bicyclic) bond motifs is 5. The Kier molecular flexibility index (Phi) is 9.05. The van der Waals surface area contributed by atoms with Crippen LogP contribution in [0.5, 0.6) is 0 Å². The van der Waals surface area contributed by atoms with Gasteiger partial charge >= 0.3 is 11.9 Å². The highest BCUT2D eigenvalue weighted by Crippen LogP contribution is 2.63. The fourth-order valence-corrected chi connectivity index (χ4v) is 9.34. The molecule has 0 aromatic rings. The number of ketones is 1. The Morgan fingerprint density at radius 3 is 2.20 bits per heavy atom. The molecule has 0 spiro atoms. The first kappa shape index (κ1) is 34.9. The van der Waals surface area contributed by atoms with Crippen LogP contribution in [0, 0.1) is 22.7 Å². The lowest BCUT2D eigenvalue weighted by Crippen LogP contribution is -2.81. The lowest BCUT2D eigenvalue weighted by molar-refractivity contribution is -0.345. The molecule has 4 aliphatic carbocycles. The first-order valence-electron chi connectivity index (χ1n) is 16.3. The topological polar surface area (TPSA) is 209 Å². The molecule has 258 valence electrons. The summed E-state index contributed by atoms with van der Waals surface area (Å²) in [6, 6.07) is -0.915. The number of aliphatic hydroxyl groups excluding tert-OH is 3. The first-order chi connectivity index (χ1) is 21.3. The summed E-state index contributed by atoms with van der Waals surface area (Å²) in [5.41, 5.74) is -7.08. The first-order valence-corrected chi connectivity index (χ1v) is 16.3. The van der Waals surface area contributed by atoms with Gasteiger partial charge in [0.15, 0.2) is 11.9 Å². The molecule has 3 saturated carbocycles. The molecule has 0 aromatic carbocycles. The zero-order valence-electron chi connectivity index (χ0n) is 27.4. The fraction of sp³-hybridized carbons (Fsp3) is 0.818. The molecule has 5 aliphatic rings. The number of carbonyl (C=O) groups excluding carboxylic acids is 4. The fourth-order valence-electron chi connectivity index (χ4n) is 9.34. The van der Waals surface area contributed by atoms with Crippen LogP contribution < -0.4 is 5.32 Å². The Morgan fingerprint density at radius 1 is 1.02 bits per heavy atom. The molecular formula is C33H49NO12. The zero-order valence-corrected chi connectivity index (χ0v) is 27.4. The molecule has 4 fully saturated rings. The number of amides is 1. The van der Waals surface area contributed by atoms with Crippen molar-refractivity contribution in [3.05, 3.63) is 11.1 Å². The van der Waals surface area contributed by atoms with Crippen molar-refractivity contribution < 1.29 is 58.9 Å². The van der Waals surface area contributed by atoms with Crippen molar-refractivity contribution in [3.63, 3.8) is 0 Å². The quantitative estimate of drug-likeness (QED) is 0.168. The third-order valence-electron chi connectivity index (χ3n) is 12.0. The molecule has 1 amide bonds. The molecule has 6 N–H and O–H groups in total. The van der Waals surface area contributed by atoms with Gasteiger partial charge in [0.05, 0.1) is 30.3 Å². The molecule has 1 heterocycles. The average molecular weight is 652 g/mol. The predicted molar refractivity (Wildman–Crippen MR) is 160 cm³/mol. The van der Waals surface area contributed by atoms with E-state index in [1.54, 1.807) is 20.8 Å². The number of carbonyl (C=O) groups is 4. The number of esters is 2. The number of hydrogen-bond donors (Lipinski definition) is 6. The normalized spacial score (nSPS) is 41.8. The molecule has 0 aromatic heterocycles. The highest BCUT2D eigenvalue weighted by molar-refractivity contribution is 5.93. The minimum Gasteiger partial charge on any atom is -0.459 e. The van der Waals surface area contributed by atoms with Crippen LogP contribution in [0.15, 0.2) is 11.1 Å². The van der Waals surface area contributed by atoms with Crippen molar-refractivity contribution in [1.82, 2.24) is 5.32 Å². The standard InChI is InChI=1S/C33H49NO12/c1-15-19(46-29(41)25(39)23(34-16(2)35)18-10-8-7-9-11-18)13-33(43)28(45-17(3)36)26-31(6,20(37)12-21-32(26,42)14-44-21)27(40)24(38)22(15)30(33,4)5/h18-21,23-26,28,37-39,42-43H,7-14H2,1-6H3,(H,34,35)/t19-,20-,21+,23-,24+,25+,26-,28-,31+,32-,33+/m0/s1. The van der Waals surface area contributed by atoms with E-state index in [2.05, 4.69) is 5.32 Å². The number of aliphatic hydroxyl groups is 5. The van der Waals surface area contributed by atoms with E-state index in [0.717, 1.165) is 26.2 Å². The summed E-state index contributed by atoms with van der Waals surface area (Å²) in [4.78, 5) is 52.7. The molecule has 0 unspecified atom stereocenters. The summed E-state index contributed by atoms with van der Waals surface area (Å²) >= 11 is 0. The van der Waals surface area contributed by atoms with Crippen LogP contribution in [0.4, 0.5) is 0 Å². The Bertz CT molecular complexity index is 1310. The third-order valence-corrected chi connectivity index (χ3v) is 12.0. The van der Waals surface area contributed by atoms with Crippen molar-refractivity contribution in [2.75, 3.05) is 6.61 Å². The minimum absolute atomic E-state index is 0.0206. The predicted octanol–water partition coefficient (Wildman–Crippen LogP) is 0.214. The van der Waals surface area contributed by atoms with Gasteiger partial charge in [-0.25, -0.2) is 4.79 Å². The van der Waals surface area contributed by atoms with E-state index in [9.17, 15) is 44.7 Å². The van der Waals surface area contributed by atoms with Crippen molar-refractivity contribution in [2.45, 2.75) is 140 Å². The van der Waals surface area contributed by atoms with Gasteiger partial charge in [0.2, 0.25) is 5.91 Å². The highest BCUT2D eigenvalue weighted by atomic mass is 16.6. The van der Waals surface area contributed by atoms with Gasteiger partial charge in [-0.3, -0.25) is 14.4 Å². The molecular weight excluding hydrogens is 602 g/mol. The summed E-state index contributed by atoms with van der Waals surface area (Å²) in [5, 5.41) is 61.9. The van der Waals surface area contributed by atoms with E-state index >= 15 is 0 Å². The second kappa shape index (κ2) is 11.9. The molecule has 2 bridgehead atoms. The molecule has 1 aliphatic heterocycles. The maximum atomic E-state index is 14.4. The SMILES string of the molecule is CC(=O)N[C@@H](C1CCCCC1)[C@@H](O)C(=O)O[C@H]1C[C@@]2(O)[C@@H](OC(C)=O)[C@@H]3[C@]4(O)CO[C@@H]4C[C@H](O)[C@@]3(C)C(=O)[C@H](O)C(=C1C)C2(C)C. The summed E-state index contributed by atoms with van der Waals surface area (Å²) in [5.74, 6) is -4.75. The van der Waals surface area contributed by atoms with Crippen LogP contribution in [-0.4, -0.2) is 110 Å². The van der Waals surface area contributed by atoms with Crippen LogP contribution in [0.3, 0.4) is 0 Å². The van der Waals surface area contributed by atoms with E-state index in [0.29, 0.717) is 12.8 Å². The Labute approximate surface area is 268 Å². The van der Waals surface area contributed by atoms with Crippen LogP contribution >= 0.6 is 0 Å². The largest absolute Gasteiger partial charge is 0.459 e. The number of Topliss-reactive ketones (excluding diaryl/α,β-unsaturated/α-hetero) is 1. The Hall–Kier alpha value is -2.42. The monoisotopic (exact) mass is 651 g/mol. The number of rotatable bonds is 6. The van der Waals surface area contributed by atoms with Crippen LogP contribution in [0.1, 0.15) is 86.5 Å². The molecule has 13 heteroatoms. The van der Waals surface area contributed by atoms with Crippen LogP contribution in [0.25, 0.3) is 0 Å². The van der Waals surface area contributed by atoms with Gasteiger partial charge in [-0.15, -0.1) is 0 Å². The number of nitrogens with one attached hydrogen (secondary N) is 1. The van der Waals surface area contributed by atoms with Crippen molar-refractivity contribution in [3.8, 4) is 0 Å². The third kappa shape index (κ3) is 5.13. The lowest BCUT2D eigenvalue weighted by Gasteiger charge is -2.66. The maximum Gasteiger partial charge on any atom is 0.337 e. The molecule has 5 rings (SSSR count). The molecule has 1 saturated heterocycles. The van der Waals surface area contributed by atoms with Gasteiger partial charge < -0.3 is 45.1 Å². The average Bonchev–Trinajstić information content (AvgIpc) is 2.98. The second-order valence-corrected chi connectivity index (χ2v) is 14.9. The summed E-state index contributed by atoms with van der Waals surface area (Å²) in [6.07, 6.45) is -5.27. The van der Waals surface area contributed by atoms with E-state index in [-0.39, 0.29) is 30.1 Å². The van der Waals surface area contributed by atoms with Gasteiger partial charge in [-0.1, -0.05) is 33.1 Å². The van der Waals surface area contributed by atoms with Gasteiger partial charge in [-0.2, -0.15) is 0 Å². The molecule has 0 radical (unpaired) electrons. The minimum atomic E-state index is -2.18. The van der Waals surface area contributed by atoms with E-state index in [4.69, 9.17) is 14.2 Å². The van der Waals surface area contributed by atoms with Crippen molar-refractivity contribution >= 4 is 23.6 Å². The number of hydrogen-bond acceptors (Lipinski definition) is 12. The van der Waals surface area contributed by atoms with Crippen LogP contribution in [-0.2, 0) is 33.4 Å². The zero-order chi connectivity index (χ0) is 34.1.